The second-order valence-corrected chi connectivity index (χ2v) is 15.9. The van der Waals surface area contributed by atoms with Crippen molar-refractivity contribution in [2.24, 2.45) is 23.7 Å². The summed E-state index contributed by atoms with van der Waals surface area (Å²) >= 11 is 8.23. The van der Waals surface area contributed by atoms with E-state index in [1.54, 1.807) is 36.6 Å². The van der Waals surface area contributed by atoms with Crippen LogP contribution in [-0.4, -0.2) is 77.8 Å². The van der Waals surface area contributed by atoms with E-state index in [9.17, 15) is 19.8 Å². The third-order valence-electron chi connectivity index (χ3n) is 11.2. The zero-order chi connectivity index (χ0) is 34.7. The smallest absolute Gasteiger partial charge is 0.323 e. The molecule has 2 aliphatic carbocycles. The van der Waals surface area contributed by atoms with E-state index in [4.69, 9.17) is 25.9 Å². The molecule has 3 N–H and O–H groups in total. The summed E-state index contributed by atoms with van der Waals surface area (Å²) in [6.45, 7) is 11.2. The minimum atomic E-state index is -1.56. The Morgan fingerprint density at radius 1 is 1.23 bits per heavy atom. The number of hydrogen-bond donors (Lipinski definition) is 3. The van der Waals surface area contributed by atoms with E-state index in [-0.39, 0.29) is 30.1 Å². The lowest BCUT2D eigenvalue weighted by Gasteiger charge is -2.56. The first-order chi connectivity index (χ1) is 22.6. The van der Waals surface area contributed by atoms with Crippen molar-refractivity contribution < 1.29 is 34.1 Å². The highest BCUT2D eigenvalue weighted by atomic mass is 35.5. The number of carbonyl (C=O) groups excluding carboxylic acids is 2. The topological polar surface area (TPSA) is 121 Å². The number of nitrogens with one attached hydrogen (secondary N) is 1. The Hall–Kier alpha value is -2.51. The molecule has 12 heteroatoms. The Morgan fingerprint density at radius 3 is 2.67 bits per heavy atom. The largest absolute Gasteiger partial charge is 0.454 e. The lowest BCUT2D eigenvalue weighted by Crippen LogP contribution is -2.66. The van der Waals surface area contributed by atoms with Crippen molar-refractivity contribution in [3.8, 4) is 0 Å². The fourth-order valence-corrected chi connectivity index (χ4v) is 9.94. The highest BCUT2D eigenvalue weighted by Crippen LogP contribution is 2.53. The fourth-order valence-electron chi connectivity index (χ4n) is 8.66. The standard InChI is InChI=1S/C36H48ClN3O7S/c1-19-13-14-48-29(19)18-39(6)17-21(3)24-12-11-22(4)36(44)26(24)15-20(2)31(45-23(5)41)32(36)46-33(42)28-16-35(43)25-9-8-10-27(37)30(25)40(7)47-34(35)38-28/h8-10,13-15,21-22,24,26,28,31-32,34,38,43-44H,11-12,16-18H2,1-7H3/t21?,22-,24+,26-,28+,31-,32+,34-,35-,36-/m1/s1. The van der Waals surface area contributed by atoms with Crippen molar-refractivity contribution >= 4 is 40.6 Å². The van der Waals surface area contributed by atoms with Crippen LogP contribution in [0.25, 0.3) is 0 Å². The molecule has 1 aromatic heterocycles. The number of hydroxylamine groups is 1. The van der Waals surface area contributed by atoms with Crippen LogP contribution in [0.15, 0.2) is 41.3 Å². The molecular formula is C36H48ClN3O7S. The molecule has 10 atom stereocenters. The second kappa shape index (κ2) is 13.3. The summed E-state index contributed by atoms with van der Waals surface area (Å²) in [6, 6.07) is 6.41. The molecule has 1 saturated carbocycles. The van der Waals surface area contributed by atoms with E-state index in [1.165, 1.54) is 22.4 Å². The van der Waals surface area contributed by atoms with Crippen molar-refractivity contribution in [2.45, 2.75) is 96.1 Å². The number of aliphatic hydroxyl groups is 2. The molecular weight excluding hydrogens is 654 g/mol. The molecule has 6 rings (SSSR count). The first-order valence-corrected chi connectivity index (χ1v) is 18.1. The maximum absolute atomic E-state index is 14.1. The van der Waals surface area contributed by atoms with Crippen LogP contribution in [0.2, 0.25) is 5.02 Å². The number of ether oxygens (including phenoxy) is 2. The van der Waals surface area contributed by atoms with E-state index in [0.717, 1.165) is 31.5 Å². The van der Waals surface area contributed by atoms with Crippen LogP contribution in [-0.2, 0) is 36.0 Å². The molecule has 0 spiro atoms. The third kappa shape index (κ3) is 6.10. The van der Waals surface area contributed by atoms with Gasteiger partial charge in [0.2, 0.25) is 0 Å². The molecule has 10 nitrogen and oxygen atoms in total. The van der Waals surface area contributed by atoms with Crippen molar-refractivity contribution in [3.63, 3.8) is 0 Å². The third-order valence-corrected chi connectivity index (χ3v) is 12.5. The van der Waals surface area contributed by atoms with Gasteiger partial charge in [-0.15, -0.1) is 11.3 Å². The molecule has 2 aliphatic heterocycles. The zero-order valence-electron chi connectivity index (χ0n) is 28.7. The summed E-state index contributed by atoms with van der Waals surface area (Å²) in [5.74, 6) is -1.44. The van der Waals surface area contributed by atoms with Gasteiger partial charge in [-0.1, -0.05) is 43.7 Å². The lowest BCUT2D eigenvalue weighted by molar-refractivity contribution is -0.225. The number of rotatable bonds is 8. The quantitative estimate of drug-likeness (QED) is 0.258. The summed E-state index contributed by atoms with van der Waals surface area (Å²) in [4.78, 5) is 36.1. The first kappa shape index (κ1) is 35.3. The number of esters is 2. The van der Waals surface area contributed by atoms with Gasteiger partial charge < -0.3 is 24.6 Å². The summed E-state index contributed by atoms with van der Waals surface area (Å²) in [5.41, 5.74) is 0.0606. The number of anilines is 1. The Balaban J connectivity index is 1.26. The number of carbonyl (C=O) groups is 2. The van der Waals surface area contributed by atoms with Gasteiger partial charge in [0.25, 0.3) is 0 Å². The van der Waals surface area contributed by atoms with Gasteiger partial charge in [-0.25, -0.2) is 0 Å². The molecule has 48 heavy (non-hydrogen) atoms. The maximum atomic E-state index is 14.1. The SMILES string of the molecule is CC(=O)O[C@@H]1C(C)=C[C@@H]2[C@H](C(C)CN(C)Cc3sccc3C)CC[C@@H](C)[C@]2(O)[C@H]1OC(=O)[C@@H]1C[C@@]2(O)c3cccc(Cl)c3N(C)O[C@H]2N1. The van der Waals surface area contributed by atoms with Crippen LogP contribution in [0.1, 0.15) is 63.0 Å². The van der Waals surface area contributed by atoms with Gasteiger partial charge in [0.1, 0.15) is 17.2 Å². The predicted octanol–water partition coefficient (Wildman–Crippen LogP) is 4.93. The molecule has 0 radical (unpaired) electrons. The number of aryl methyl sites for hydroxylation is 1. The molecule has 1 saturated heterocycles. The summed E-state index contributed by atoms with van der Waals surface area (Å²) in [5, 5.41) is 31.8. The maximum Gasteiger partial charge on any atom is 0.323 e. The van der Waals surface area contributed by atoms with Crippen molar-refractivity contribution in [1.29, 1.82) is 0 Å². The molecule has 262 valence electrons. The molecule has 2 aromatic rings. The number of hydrogen-bond acceptors (Lipinski definition) is 11. The Labute approximate surface area is 291 Å². The van der Waals surface area contributed by atoms with E-state index in [1.807, 2.05) is 19.9 Å². The Kier molecular flexibility index (Phi) is 9.80. The van der Waals surface area contributed by atoms with E-state index >= 15 is 0 Å². The average Bonchev–Trinajstić information content (AvgIpc) is 3.58. The Bertz CT molecular complexity index is 1580. The van der Waals surface area contributed by atoms with Gasteiger partial charge in [0, 0.05) is 49.8 Å². The molecule has 2 fully saturated rings. The Morgan fingerprint density at radius 2 is 1.98 bits per heavy atom. The number of para-hydroxylation sites is 1. The number of benzene rings is 1. The lowest BCUT2D eigenvalue weighted by atomic mass is 9.55. The van der Waals surface area contributed by atoms with Crippen LogP contribution < -0.4 is 10.4 Å². The summed E-state index contributed by atoms with van der Waals surface area (Å²) in [7, 11) is 3.82. The minimum absolute atomic E-state index is 0.0371. The van der Waals surface area contributed by atoms with Crippen LogP contribution in [0.5, 0.6) is 0 Å². The fraction of sp³-hybridized carbons (Fsp3) is 0.611. The number of fused-ring (bicyclic) bond motifs is 4. The zero-order valence-corrected chi connectivity index (χ0v) is 30.3. The monoisotopic (exact) mass is 701 g/mol. The van der Waals surface area contributed by atoms with Crippen LogP contribution in [0.3, 0.4) is 0 Å². The molecule has 1 aromatic carbocycles. The van der Waals surface area contributed by atoms with E-state index < -0.39 is 47.6 Å². The molecule has 0 bridgehead atoms. The normalized spacial score (nSPS) is 34.9. The van der Waals surface area contributed by atoms with Crippen molar-refractivity contribution in [3.05, 3.63) is 62.3 Å². The summed E-state index contributed by atoms with van der Waals surface area (Å²) in [6.07, 6.45) is 0.610. The van der Waals surface area contributed by atoms with Gasteiger partial charge in [-0.3, -0.25) is 24.8 Å². The second-order valence-electron chi connectivity index (χ2n) is 14.5. The van der Waals surface area contributed by atoms with Gasteiger partial charge in [-0.05, 0) is 80.1 Å². The molecule has 3 heterocycles. The molecule has 1 unspecified atom stereocenters. The van der Waals surface area contributed by atoms with Crippen molar-refractivity contribution in [2.75, 3.05) is 25.7 Å². The van der Waals surface area contributed by atoms with Crippen LogP contribution in [0.4, 0.5) is 5.69 Å². The predicted molar refractivity (Wildman–Crippen MR) is 184 cm³/mol. The summed E-state index contributed by atoms with van der Waals surface area (Å²) < 4.78 is 12.1. The molecule has 4 aliphatic rings. The first-order valence-electron chi connectivity index (χ1n) is 16.8. The average molecular weight is 702 g/mol. The van der Waals surface area contributed by atoms with Crippen molar-refractivity contribution in [1.82, 2.24) is 10.2 Å². The van der Waals surface area contributed by atoms with Gasteiger partial charge in [0.15, 0.2) is 18.4 Å². The van der Waals surface area contributed by atoms with E-state index in [2.05, 4.69) is 42.6 Å². The van der Waals surface area contributed by atoms with Gasteiger partial charge >= 0.3 is 11.9 Å². The minimum Gasteiger partial charge on any atom is -0.454 e. The molecule has 0 amide bonds. The number of halogens is 1. The number of thiophene rings is 1. The van der Waals surface area contributed by atoms with Crippen LogP contribution >= 0.6 is 22.9 Å². The van der Waals surface area contributed by atoms with Gasteiger partial charge in [-0.2, -0.15) is 0 Å². The van der Waals surface area contributed by atoms with Crippen LogP contribution in [0, 0.1) is 30.6 Å². The highest BCUT2D eigenvalue weighted by Gasteiger charge is 2.62. The van der Waals surface area contributed by atoms with E-state index in [0.29, 0.717) is 16.3 Å². The van der Waals surface area contributed by atoms with Gasteiger partial charge in [0.05, 0.1) is 10.7 Å². The highest BCUT2D eigenvalue weighted by molar-refractivity contribution is 7.10. The number of nitrogens with zero attached hydrogens (tertiary/aromatic N) is 2.